The summed E-state index contributed by atoms with van der Waals surface area (Å²) in [6, 6.07) is 18.1. The van der Waals surface area contributed by atoms with Crippen LogP contribution < -0.4 is 14.2 Å². The van der Waals surface area contributed by atoms with Crippen LogP contribution in [0.5, 0.6) is 17.2 Å². The first-order valence-electron chi connectivity index (χ1n) is 13.4. The average Bonchev–Trinajstić information content (AvgIpc) is 3.53. The molecule has 0 amide bonds. The first kappa shape index (κ1) is 27.5. The van der Waals surface area contributed by atoms with Crippen LogP contribution in [-0.2, 0) is 30.4 Å². The maximum Gasteiger partial charge on any atom is 0.306 e. The van der Waals surface area contributed by atoms with Crippen molar-refractivity contribution in [2.45, 2.75) is 51.9 Å². The van der Waals surface area contributed by atoms with Gasteiger partial charge in [0.15, 0.2) is 12.2 Å². The highest BCUT2D eigenvalue weighted by molar-refractivity contribution is 5.73. The zero-order valence-corrected chi connectivity index (χ0v) is 23.2. The molecule has 3 atom stereocenters. The van der Waals surface area contributed by atoms with Crippen molar-refractivity contribution >= 4 is 11.9 Å². The highest BCUT2D eigenvalue weighted by Gasteiger charge is 2.33. The van der Waals surface area contributed by atoms with Gasteiger partial charge in [0.05, 0.1) is 33.4 Å². The van der Waals surface area contributed by atoms with Crippen molar-refractivity contribution in [1.29, 1.82) is 0 Å². The predicted molar refractivity (Wildman–Crippen MR) is 148 cm³/mol. The summed E-state index contributed by atoms with van der Waals surface area (Å²) >= 11 is 0. The standard InChI is InChI=1S/C32H34O8/c1-19-10-26(40-30-18-36-17-29(30)39-21(3)33)11-20(2)32(19)23-7-5-6-22(12-23)15-37-25-8-9-27-24(13-31(34)35-4)16-38-28(27)14-25/h5-12,14,24,29-30H,13,15-18H2,1-4H3. The Morgan fingerprint density at radius 3 is 2.45 bits per heavy atom. The van der Waals surface area contributed by atoms with Crippen LogP contribution in [0.2, 0.25) is 0 Å². The Labute approximate surface area is 234 Å². The molecular weight excluding hydrogens is 512 g/mol. The van der Waals surface area contributed by atoms with E-state index in [2.05, 4.69) is 26.0 Å². The van der Waals surface area contributed by atoms with E-state index in [1.54, 1.807) is 0 Å². The lowest BCUT2D eigenvalue weighted by Gasteiger charge is -2.21. The summed E-state index contributed by atoms with van der Waals surface area (Å²) in [6.07, 6.45) is -0.447. The van der Waals surface area contributed by atoms with Crippen molar-refractivity contribution in [3.8, 4) is 28.4 Å². The number of ether oxygens (including phenoxy) is 6. The molecule has 8 heteroatoms. The molecule has 210 valence electrons. The Morgan fingerprint density at radius 2 is 1.70 bits per heavy atom. The van der Waals surface area contributed by atoms with Crippen LogP contribution in [0, 0.1) is 13.8 Å². The van der Waals surface area contributed by atoms with Gasteiger partial charge in [-0.3, -0.25) is 9.59 Å². The summed E-state index contributed by atoms with van der Waals surface area (Å²) in [6.45, 7) is 7.09. The van der Waals surface area contributed by atoms with Crippen molar-refractivity contribution in [2.24, 2.45) is 0 Å². The van der Waals surface area contributed by atoms with E-state index in [1.807, 2.05) is 42.5 Å². The first-order valence-corrected chi connectivity index (χ1v) is 13.4. The normalized spacial score (nSPS) is 19.4. The number of carbonyl (C=O) groups is 2. The van der Waals surface area contributed by atoms with E-state index in [4.69, 9.17) is 28.4 Å². The van der Waals surface area contributed by atoms with Gasteiger partial charge in [-0.2, -0.15) is 0 Å². The molecule has 3 aromatic carbocycles. The summed E-state index contributed by atoms with van der Waals surface area (Å²) in [5.41, 5.74) is 6.42. The molecule has 2 heterocycles. The van der Waals surface area contributed by atoms with Crippen LogP contribution in [0.25, 0.3) is 11.1 Å². The molecule has 3 unspecified atom stereocenters. The van der Waals surface area contributed by atoms with Gasteiger partial charge < -0.3 is 28.4 Å². The minimum Gasteiger partial charge on any atom is -0.492 e. The Kier molecular flexibility index (Phi) is 8.26. The monoisotopic (exact) mass is 546 g/mol. The maximum atomic E-state index is 11.7. The second kappa shape index (κ2) is 12.0. The van der Waals surface area contributed by atoms with Crippen LogP contribution in [0.1, 0.15) is 41.5 Å². The van der Waals surface area contributed by atoms with Gasteiger partial charge in [-0.05, 0) is 65.9 Å². The molecule has 40 heavy (non-hydrogen) atoms. The second-order valence-corrected chi connectivity index (χ2v) is 10.3. The number of rotatable bonds is 9. The van der Waals surface area contributed by atoms with E-state index in [0.717, 1.165) is 44.9 Å². The van der Waals surface area contributed by atoms with Crippen LogP contribution >= 0.6 is 0 Å². The minimum absolute atomic E-state index is 0.00162. The van der Waals surface area contributed by atoms with E-state index in [9.17, 15) is 9.59 Å². The molecule has 0 spiro atoms. The third-order valence-corrected chi connectivity index (χ3v) is 7.22. The lowest BCUT2D eigenvalue weighted by Crippen LogP contribution is -2.33. The summed E-state index contributed by atoms with van der Waals surface area (Å²) in [7, 11) is 1.40. The van der Waals surface area contributed by atoms with Crippen molar-refractivity contribution < 1.29 is 38.0 Å². The molecule has 0 aromatic heterocycles. The van der Waals surface area contributed by atoms with Gasteiger partial charge in [0, 0.05) is 24.5 Å². The van der Waals surface area contributed by atoms with Crippen LogP contribution in [0.3, 0.4) is 0 Å². The first-order chi connectivity index (χ1) is 19.3. The number of esters is 2. The fraction of sp³-hybridized carbons (Fsp3) is 0.375. The number of aryl methyl sites for hydroxylation is 2. The van der Waals surface area contributed by atoms with Crippen molar-refractivity contribution in [1.82, 2.24) is 0 Å². The van der Waals surface area contributed by atoms with Gasteiger partial charge in [-0.1, -0.05) is 24.3 Å². The topological polar surface area (TPSA) is 89.5 Å². The minimum atomic E-state index is -0.409. The number of benzene rings is 3. The molecule has 1 saturated heterocycles. The highest BCUT2D eigenvalue weighted by atomic mass is 16.6. The van der Waals surface area contributed by atoms with Gasteiger partial charge >= 0.3 is 11.9 Å². The van der Waals surface area contributed by atoms with Crippen molar-refractivity contribution in [2.75, 3.05) is 26.9 Å². The lowest BCUT2D eigenvalue weighted by molar-refractivity contribution is -0.149. The maximum absolute atomic E-state index is 11.7. The van der Waals surface area contributed by atoms with Gasteiger partial charge in [0.2, 0.25) is 0 Å². The van der Waals surface area contributed by atoms with Crippen LogP contribution in [0.15, 0.2) is 54.6 Å². The molecule has 0 radical (unpaired) electrons. The largest absolute Gasteiger partial charge is 0.492 e. The van der Waals surface area contributed by atoms with E-state index >= 15 is 0 Å². The summed E-state index contributed by atoms with van der Waals surface area (Å²) in [5, 5.41) is 0. The van der Waals surface area contributed by atoms with Gasteiger partial charge in [0.1, 0.15) is 23.9 Å². The Morgan fingerprint density at radius 1 is 0.925 bits per heavy atom. The smallest absolute Gasteiger partial charge is 0.306 e. The summed E-state index contributed by atoms with van der Waals surface area (Å²) in [5.74, 6) is 1.59. The Balaban J connectivity index is 1.26. The summed E-state index contributed by atoms with van der Waals surface area (Å²) in [4.78, 5) is 23.1. The van der Waals surface area contributed by atoms with Crippen molar-refractivity contribution in [3.05, 3.63) is 76.9 Å². The second-order valence-electron chi connectivity index (χ2n) is 10.3. The number of hydrogen-bond acceptors (Lipinski definition) is 8. The molecule has 8 nitrogen and oxygen atoms in total. The molecule has 2 aliphatic heterocycles. The van der Waals surface area contributed by atoms with Crippen LogP contribution in [0.4, 0.5) is 0 Å². The molecular formula is C32H34O8. The highest BCUT2D eigenvalue weighted by Crippen LogP contribution is 2.39. The van der Waals surface area contributed by atoms with E-state index in [0.29, 0.717) is 38.6 Å². The fourth-order valence-corrected chi connectivity index (χ4v) is 5.35. The zero-order chi connectivity index (χ0) is 28.2. The van der Waals surface area contributed by atoms with Gasteiger partial charge in [-0.15, -0.1) is 0 Å². The summed E-state index contributed by atoms with van der Waals surface area (Å²) < 4.78 is 33.7. The SMILES string of the molecule is COC(=O)CC1COc2cc(OCc3cccc(-c4c(C)cc(OC5COCC5OC(C)=O)cc4C)c3)ccc21. The lowest BCUT2D eigenvalue weighted by atomic mass is 9.94. The molecule has 3 aromatic rings. The molecule has 1 fully saturated rings. The van der Waals surface area contributed by atoms with Gasteiger partial charge in [0.25, 0.3) is 0 Å². The number of hydrogen-bond donors (Lipinski definition) is 0. The predicted octanol–water partition coefficient (Wildman–Crippen LogP) is 5.30. The molecule has 0 saturated carbocycles. The molecule has 5 rings (SSSR count). The Hall–Kier alpha value is -4.04. The van der Waals surface area contributed by atoms with E-state index in [-0.39, 0.29) is 24.0 Å². The van der Waals surface area contributed by atoms with E-state index < -0.39 is 6.10 Å². The number of methoxy groups -OCH3 is 1. The van der Waals surface area contributed by atoms with Crippen LogP contribution in [-0.4, -0.2) is 51.1 Å². The molecule has 0 N–H and O–H groups in total. The third kappa shape index (κ3) is 6.23. The van der Waals surface area contributed by atoms with Gasteiger partial charge in [-0.25, -0.2) is 0 Å². The number of fused-ring (bicyclic) bond motifs is 1. The average molecular weight is 547 g/mol. The quantitative estimate of drug-likeness (QED) is 0.334. The molecule has 0 aliphatic carbocycles. The fourth-order valence-electron chi connectivity index (χ4n) is 5.35. The molecule has 2 aliphatic rings. The van der Waals surface area contributed by atoms with Crippen molar-refractivity contribution in [3.63, 3.8) is 0 Å². The Bertz CT molecular complexity index is 1370. The zero-order valence-electron chi connectivity index (χ0n) is 23.2. The third-order valence-electron chi connectivity index (χ3n) is 7.22. The molecule has 0 bridgehead atoms. The van der Waals surface area contributed by atoms with E-state index in [1.165, 1.54) is 14.0 Å². The number of carbonyl (C=O) groups excluding carboxylic acids is 2.